The summed E-state index contributed by atoms with van der Waals surface area (Å²) in [5.74, 6) is -0.481. The number of rotatable bonds is 2. The van der Waals surface area contributed by atoms with Gasteiger partial charge >= 0.3 is 0 Å². The molecule has 1 heterocycles. The van der Waals surface area contributed by atoms with Gasteiger partial charge in [0.25, 0.3) is 5.91 Å². The quantitative estimate of drug-likeness (QED) is 0.665. The SMILES string of the molecule is CCNC(=O)C1(F)CCNC1.Cl. The van der Waals surface area contributed by atoms with E-state index in [0.717, 1.165) is 0 Å². The lowest BCUT2D eigenvalue weighted by molar-refractivity contribution is -0.131. The predicted octanol–water partition coefficient (Wildman–Crippen LogP) is 0.246. The summed E-state index contributed by atoms with van der Waals surface area (Å²) in [6, 6.07) is 0. The molecule has 0 saturated carbocycles. The van der Waals surface area contributed by atoms with Gasteiger partial charge in [-0.15, -0.1) is 12.4 Å². The summed E-state index contributed by atoms with van der Waals surface area (Å²) >= 11 is 0. The number of carbonyl (C=O) groups is 1. The maximum absolute atomic E-state index is 13.4. The second-order valence-corrected chi connectivity index (χ2v) is 2.75. The molecule has 0 radical (unpaired) electrons. The van der Waals surface area contributed by atoms with Crippen LogP contribution >= 0.6 is 12.4 Å². The molecule has 0 aromatic heterocycles. The van der Waals surface area contributed by atoms with Crippen molar-refractivity contribution in [1.29, 1.82) is 0 Å². The number of halogens is 2. The Kier molecular flexibility index (Phi) is 4.49. The highest BCUT2D eigenvalue weighted by Crippen LogP contribution is 2.19. The summed E-state index contributed by atoms with van der Waals surface area (Å²) in [5, 5.41) is 5.29. The monoisotopic (exact) mass is 196 g/mol. The van der Waals surface area contributed by atoms with E-state index in [2.05, 4.69) is 10.6 Å². The van der Waals surface area contributed by atoms with Gasteiger partial charge in [-0.05, 0) is 13.5 Å². The Bertz CT molecular complexity index is 159. The molecule has 1 rings (SSSR count). The van der Waals surface area contributed by atoms with E-state index in [1.807, 2.05) is 0 Å². The van der Waals surface area contributed by atoms with Crippen molar-refractivity contribution < 1.29 is 9.18 Å². The minimum absolute atomic E-state index is 0. The average Bonchev–Trinajstić information content (AvgIpc) is 2.38. The van der Waals surface area contributed by atoms with Gasteiger partial charge in [-0.2, -0.15) is 0 Å². The number of alkyl halides is 1. The van der Waals surface area contributed by atoms with Gasteiger partial charge in [-0.25, -0.2) is 4.39 Å². The molecule has 1 saturated heterocycles. The van der Waals surface area contributed by atoms with E-state index in [1.165, 1.54) is 0 Å². The Hall–Kier alpha value is -0.350. The fraction of sp³-hybridized carbons (Fsp3) is 0.857. The van der Waals surface area contributed by atoms with Crippen LogP contribution in [0, 0.1) is 0 Å². The molecule has 0 aromatic carbocycles. The third-order valence-corrected chi connectivity index (χ3v) is 1.85. The lowest BCUT2D eigenvalue weighted by atomic mass is 10.1. The largest absolute Gasteiger partial charge is 0.354 e. The van der Waals surface area contributed by atoms with Gasteiger partial charge in [0.2, 0.25) is 5.67 Å². The van der Waals surface area contributed by atoms with Crippen LogP contribution in [0.25, 0.3) is 0 Å². The number of carbonyl (C=O) groups excluding carboxylic acids is 1. The third kappa shape index (κ3) is 2.32. The standard InChI is InChI=1S/C7H13FN2O.ClH/c1-2-10-6(11)7(8)3-4-9-5-7;/h9H,2-5H2,1H3,(H,10,11);1H. The van der Waals surface area contributed by atoms with Gasteiger partial charge in [0.05, 0.1) is 0 Å². The predicted molar refractivity (Wildman–Crippen MR) is 47.3 cm³/mol. The first-order valence-electron chi connectivity index (χ1n) is 3.87. The van der Waals surface area contributed by atoms with Gasteiger partial charge < -0.3 is 10.6 Å². The first-order chi connectivity index (χ1) is 5.19. The summed E-state index contributed by atoms with van der Waals surface area (Å²) in [6.07, 6.45) is 0.291. The van der Waals surface area contributed by atoms with Gasteiger partial charge in [0.1, 0.15) is 0 Å². The Morgan fingerprint density at radius 1 is 1.75 bits per heavy atom. The van der Waals surface area contributed by atoms with Crippen molar-refractivity contribution in [2.75, 3.05) is 19.6 Å². The van der Waals surface area contributed by atoms with E-state index in [1.54, 1.807) is 6.92 Å². The van der Waals surface area contributed by atoms with Crippen LogP contribution in [-0.4, -0.2) is 31.2 Å². The van der Waals surface area contributed by atoms with Crippen molar-refractivity contribution in [3.8, 4) is 0 Å². The number of hydrogen-bond donors (Lipinski definition) is 2. The zero-order valence-corrected chi connectivity index (χ0v) is 7.84. The summed E-state index contributed by atoms with van der Waals surface area (Å²) in [4.78, 5) is 11.0. The zero-order valence-electron chi connectivity index (χ0n) is 7.02. The second kappa shape index (κ2) is 4.62. The van der Waals surface area contributed by atoms with E-state index in [0.29, 0.717) is 19.5 Å². The van der Waals surface area contributed by atoms with Crippen LogP contribution in [0.5, 0.6) is 0 Å². The average molecular weight is 197 g/mol. The van der Waals surface area contributed by atoms with E-state index in [9.17, 15) is 9.18 Å². The van der Waals surface area contributed by atoms with Crippen molar-refractivity contribution in [3.05, 3.63) is 0 Å². The van der Waals surface area contributed by atoms with Crippen molar-refractivity contribution in [1.82, 2.24) is 10.6 Å². The minimum Gasteiger partial charge on any atom is -0.354 e. The van der Waals surface area contributed by atoms with E-state index < -0.39 is 11.6 Å². The number of amides is 1. The molecule has 0 aliphatic carbocycles. The highest BCUT2D eigenvalue weighted by Gasteiger charge is 2.40. The molecule has 0 spiro atoms. The maximum Gasteiger partial charge on any atom is 0.259 e. The van der Waals surface area contributed by atoms with Crippen LogP contribution in [0.3, 0.4) is 0 Å². The number of hydrogen-bond acceptors (Lipinski definition) is 2. The van der Waals surface area contributed by atoms with Crippen molar-refractivity contribution in [3.63, 3.8) is 0 Å². The third-order valence-electron chi connectivity index (χ3n) is 1.85. The fourth-order valence-electron chi connectivity index (χ4n) is 1.17. The maximum atomic E-state index is 13.4. The molecule has 1 atom stereocenters. The molecule has 0 bridgehead atoms. The summed E-state index contributed by atoms with van der Waals surface area (Å²) in [6.45, 7) is 3.01. The molecule has 3 nitrogen and oxygen atoms in total. The van der Waals surface area contributed by atoms with Gasteiger partial charge in [-0.1, -0.05) is 0 Å². The van der Waals surface area contributed by atoms with Crippen LogP contribution in [0.2, 0.25) is 0 Å². The lowest BCUT2D eigenvalue weighted by Gasteiger charge is -2.16. The Labute approximate surface area is 77.5 Å². The normalized spacial score (nSPS) is 27.8. The van der Waals surface area contributed by atoms with Crippen LogP contribution in [0.1, 0.15) is 13.3 Å². The van der Waals surface area contributed by atoms with Crippen molar-refractivity contribution in [2.24, 2.45) is 0 Å². The fourth-order valence-corrected chi connectivity index (χ4v) is 1.17. The van der Waals surface area contributed by atoms with E-state index >= 15 is 0 Å². The van der Waals surface area contributed by atoms with Crippen LogP contribution in [-0.2, 0) is 4.79 Å². The highest BCUT2D eigenvalue weighted by atomic mass is 35.5. The lowest BCUT2D eigenvalue weighted by Crippen LogP contribution is -2.44. The summed E-state index contributed by atoms with van der Waals surface area (Å²) in [5.41, 5.74) is -1.66. The van der Waals surface area contributed by atoms with Crippen molar-refractivity contribution >= 4 is 18.3 Å². The zero-order chi connectivity index (χ0) is 8.32. The second-order valence-electron chi connectivity index (χ2n) is 2.75. The topological polar surface area (TPSA) is 41.1 Å². The van der Waals surface area contributed by atoms with Crippen molar-refractivity contribution in [2.45, 2.75) is 19.0 Å². The molecular weight excluding hydrogens is 183 g/mol. The van der Waals surface area contributed by atoms with Crippen LogP contribution in [0.15, 0.2) is 0 Å². The molecule has 1 aliphatic rings. The highest BCUT2D eigenvalue weighted by molar-refractivity contribution is 5.85. The molecule has 2 N–H and O–H groups in total. The van der Waals surface area contributed by atoms with Gasteiger partial charge in [0, 0.05) is 19.5 Å². The Morgan fingerprint density at radius 3 is 2.83 bits per heavy atom. The first kappa shape index (κ1) is 11.6. The smallest absolute Gasteiger partial charge is 0.259 e. The van der Waals surface area contributed by atoms with Gasteiger partial charge in [0.15, 0.2) is 0 Å². The van der Waals surface area contributed by atoms with Crippen LogP contribution < -0.4 is 10.6 Å². The minimum atomic E-state index is -1.66. The van der Waals surface area contributed by atoms with Crippen LogP contribution in [0.4, 0.5) is 4.39 Å². The van der Waals surface area contributed by atoms with Gasteiger partial charge in [-0.3, -0.25) is 4.79 Å². The molecule has 0 aromatic rings. The molecule has 12 heavy (non-hydrogen) atoms. The van der Waals surface area contributed by atoms with E-state index in [-0.39, 0.29) is 19.0 Å². The molecule has 1 aliphatic heterocycles. The molecule has 1 amide bonds. The molecule has 1 unspecified atom stereocenters. The molecule has 1 fully saturated rings. The number of nitrogens with one attached hydrogen (secondary N) is 2. The Morgan fingerprint density at radius 2 is 2.42 bits per heavy atom. The summed E-state index contributed by atoms with van der Waals surface area (Å²) < 4.78 is 13.4. The summed E-state index contributed by atoms with van der Waals surface area (Å²) in [7, 11) is 0. The Balaban J connectivity index is 0.00000121. The first-order valence-corrected chi connectivity index (χ1v) is 3.87. The molecule has 72 valence electrons. The molecule has 5 heteroatoms. The van der Waals surface area contributed by atoms with E-state index in [4.69, 9.17) is 0 Å². The molecular formula is C7H14ClFN2O.